The molecule has 0 saturated heterocycles. The molecule has 0 aliphatic heterocycles. The number of hydrogen-bond donors (Lipinski definition) is 1. The predicted molar refractivity (Wildman–Crippen MR) is 62.6 cm³/mol. The van der Waals surface area contributed by atoms with Crippen molar-refractivity contribution in [3.8, 4) is 0 Å². The molecule has 1 nitrogen and oxygen atoms in total. The van der Waals surface area contributed by atoms with Gasteiger partial charge in [0.05, 0.1) is 0 Å². The van der Waals surface area contributed by atoms with Crippen molar-refractivity contribution in [2.24, 2.45) is 0 Å². The molecule has 0 bridgehead atoms. The highest BCUT2D eigenvalue weighted by Gasteiger charge is 2.16. The zero-order chi connectivity index (χ0) is 11.3. The van der Waals surface area contributed by atoms with Crippen LogP contribution < -0.4 is 5.32 Å². The molecule has 0 aliphatic rings. The quantitative estimate of drug-likeness (QED) is 0.757. The highest BCUT2D eigenvalue weighted by molar-refractivity contribution is 6.31. The fraction of sp³-hybridized carbons (Fsp3) is 0.333. The molecule has 0 saturated carbocycles. The van der Waals surface area contributed by atoms with Gasteiger partial charge in [0, 0.05) is 16.6 Å². The van der Waals surface area contributed by atoms with E-state index in [9.17, 15) is 4.39 Å². The molecule has 1 rings (SSSR count). The van der Waals surface area contributed by atoms with Gasteiger partial charge in [0.25, 0.3) is 0 Å². The first-order valence-electron chi connectivity index (χ1n) is 4.92. The highest BCUT2D eigenvalue weighted by Crippen LogP contribution is 2.28. The maximum Gasteiger partial charge on any atom is 0.129 e. The number of rotatable bonds is 5. The van der Waals surface area contributed by atoms with E-state index in [1.807, 2.05) is 6.08 Å². The molecule has 0 fully saturated rings. The van der Waals surface area contributed by atoms with Crippen molar-refractivity contribution in [2.45, 2.75) is 18.9 Å². The van der Waals surface area contributed by atoms with E-state index < -0.39 is 0 Å². The van der Waals surface area contributed by atoms with Crippen molar-refractivity contribution in [1.29, 1.82) is 0 Å². The number of allylic oxidation sites excluding steroid dienone is 1. The lowest BCUT2D eigenvalue weighted by molar-refractivity contribution is 0.512. The van der Waals surface area contributed by atoms with Crippen LogP contribution in [0, 0.1) is 5.82 Å². The average molecular weight is 228 g/mol. The third-order valence-corrected chi connectivity index (χ3v) is 2.69. The SMILES string of the molecule is C=CCCC(NC)c1c(F)cccc1Cl. The van der Waals surface area contributed by atoms with Crippen LogP contribution in [0.3, 0.4) is 0 Å². The standard InChI is InChI=1S/C12H15ClFN/c1-3-4-8-11(15-2)12-9(13)6-5-7-10(12)14/h3,5-7,11,15H,1,4,8H2,2H3. The molecule has 1 aromatic carbocycles. The molecular weight excluding hydrogens is 213 g/mol. The van der Waals surface area contributed by atoms with E-state index in [0.717, 1.165) is 12.8 Å². The summed E-state index contributed by atoms with van der Waals surface area (Å²) in [6, 6.07) is 4.69. The lowest BCUT2D eigenvalue weighted by atomic mass is 10.0. The van der Waals surface area contributed by atoms with Gasteiger partial charge in [0.1, 0.15) is 5.82 Å². The van der Waals surface area contributed by atoms with Gasteiger partial charge < -0.3 is 5.32 Å². The zero-order valence-corrected chi connectivity index (χ0v) is 9.52. The van der Waals surface area contributed by atoms with Gasteiger partial charge in [-0.3, -0.25) is 0 Å². The topological polar surface area (TPSA) is 12.0 Å². The van der Waals surface area contributed by atoms with Crippen LogP contribution in [0.4, 0.5) is 4.39 Å². The smallest absolute Gasteiger partial charge is 0.129 e. The van der Waals surface area contributed by atoms with E-state index in [-0.39, 0.29) is 11.9 Å². The largest absolute Gasteiger partial charge is 0.313 e. The van der Waals surface area contributed by atoms with Crippen LogP contribution in [0.15, 0.2) is 30.9 Å². The first-order chi connectivity index (χ1) is 7.20. The summed E-state index contributed by atoms with van der Waals surface area (Å²) >= 11 is 5.98. The van der Waals surface area contributed by atoms with Gasteiger partial charge in [-0.05, 0) is 32.0 Å². The average Bonchev–Trinajstić information content (AvgIpc) is 2.22. The van der Waals surface area contributed by atoms with Crippen LogP contribution in [-0.2, 0) is 0 Å². The number of benzene rings is 1. The van der Waals surface area contributed by atoms with Gasteiger partial charge in [-0.2, -0.15) is 0 Å². The second kappa shape index (κ2) is 5.89. The van der Waals surface area contributed by atoms with Gasteiger partial charge in [-0.1, -0.05) is 23.7 Å². The monoisotopic (exact) mass is 227 g/mol. The molecule has 0 spiro atoms. The molecule has 1 atom stereocenters. The Morgan fingerprint density at radius 3 is 2.87 bits per heavy atom. The Kier molecular flexibility index (Phi) is 4.79. The van der Waals surface area contributed by atoms with Crippen molar-refractivity contribution in [1.82, 2.24) is 5.32 Å². The van der Waals surface area contributed by atoms with Crippen LogP contribution in [0.5, 0.6) is 0 Å². The third-order valence-electron chi connectivity index (χ3n) is 2.36. The lowest BCUT2D eigenvalue weighted by Gasteiger charge is -2.17. The number of nitrogens with one attached hydrogen (secondary N) is 1. The first-order valence-corrected chi connectivity index (χ1v) is 5.30. The van der Waals surface area contributed by atoms with Crippen LogP contribution in [0.2, 0.25) is 5.02 Å². The maximum absolute atomic E-state index is 13.6. The van der Waals surface area contributed by atoms with E-state index in [1.54, 1.807) is 19.2 Å². The highest BCUT2D eigenvalue weighted by atomic mass is 35.5. The third kappa shape index (κ3) is 3.05. The Bertz CT molecular complexity index is 318. The van der Waals surface area contributed by atoms with Crippen molar-refractivity contribution in [3.05, 3.63) is 47.3 Å². The van der Waals surface area contributed by atoms with E-state index in [0.29, 0.717) is 10.6 Å². The molecule has 3 heteroatoms. The Hall–Kier alpha value is -0.860. The summed E-state index contributed by atoms with van der Waals surface area (Å²) in [7, 11) is 1.80. The summed E-state index contributed by atoms with van der Waals surface area (Å²) in [4.78, 5) is 0. The van der Waals surface area contributed by atoms with Gasteiger partial charge in [0.2, 0.25) is 0 Å². The normalized spacial score (nSPS) is 12.5. The van der Waals surface area contributed by atoms with Crippen LogP contribution in [-0.4, -0.2) is 7.05 Å². The minimum atomic E-state index is -0.258. The summed E-state index contributed by atoms with van der Waals surface area (Å²) < 4.78 is 13.6. The van der Waals surface area contributed by atoms with Crippen molar-refractivity contribution in [3.63, 3.8) is 0 Å². The predicted octanol–water partition coefficient (Wildman–Crippen LogP) is 3.71. The van der Waals surface area contributed by atoms with Gasteiger partial charge in [-0.25, -0.2) is 4.39 Å². The Balaban J connectivity index is 2.95. The molecule has 0 heterocycles. The molecule has 1 unspecified atom stereocenters. The fourth-order valence-corrected chi connectivity index (χ4v) is 1.86. The summed E-state index contributed by atoms with van der Waals surface area (Å²) in [6.07, 6.45) is 3.44. The van der Waals surface area contributed by atoms with Crippen LogP contribution in [0.25, 0.3) is 0 Å². The van der Waals surface area contributed by atoms with Crippen molar-refractivity contribution < 1.29 is 4.39 Å². The lowest BCUT2D eigenvalue weighted by Crippen LogP contribution is -2.17. The Morgan fingerprint density at radius 1 is 1.60 bits per heavy atom. The molecule has 0 aliphatic carbocycles. The van der Waals surface area contributed by atoms with Crippen molar-refractivity contribution >= 4 is 11.6 Å². The summed E-state index contributed by atoms with van der Waals surface area (Å²) in [5, 5.41) is 3.53. The van der Waals surface area contributed by atoms with Gasteiger partial charge >= 0.3 is 0 Å². The molecule has 0 radical (unpaired) electrons. The van der Waals surface area contributed by atoms with Crippen molar-refractivity contribution in [2.75, 3.05) is 7.05 Å². The molecule has 15 heavy (non-hydrogen) atoms. The molecule has 1 aromatic rings. The van der Waals surface area contributed by atoms with Crippen LogP contribution in [0.1, 0.15) is 24.4 Å². The molecule has 0 aromatic heterocycles. The molecule has 0 amide bonds. The van der Waals surface area contributed by atoms with E-state index in [1.165, 1.54) is 6.07 Å². The summed E-state index contributed by atoms with van der Waals surface area (Å²) in [5.41, 5.74) is 0.545. The Morgan fingerprint density at radius 2 is 2.33 bits per heavy atom. The van der Waals surface area contributed by atoms with Gasteiger partial charge in [0.15, 0.2) is 0 Å². The minimum Gasteiger partial charge on any atom is -0.313 e. The molecule has 1 N–H and O–H groups in total. The van der Waals surface area contributed by atoms with E-state index >= 15 is 0 Å². The molecular formula is C12H15ClFN. The van der Waals surface area contributed by atoms with E-state index in [2.05, 4.69) is 11.9 Å². The first kappa shape index (κ1) is 12.2. The maximum atomic E-state index is 13.6. The van der Waals surface area contributed by atoms with E-state index in [4.69, 9.17) is 11.6 Å². The minimum absolute atomic E-state index is 0.0586. The summed E-state index contributed by atoms with van der Waals surface area (Å²) in [6.45, 7) is 3.65. The molecule has 82 valence electrons. The fourth-order valence-electron chi connectivity index (χ4n) is 1.56. The number of halogens is 2. The second-order valence-electron chi connectivity index (χ2n) is 3.34. The second-order valence-corrected chi connectivity index (χ2v) is 3.75. The Labute approximate surface area is 95.0 Å². The summed E-state index contributed by atoms with van der Waals surface area (Å²) in [5.74, 6) is -0.258. The zero-order valence-electron chi connectivity index (χ0n) is 8.76. The number of hydrogen-bond acceptors (Lipinski definition) is 1. The van der Waals surface area contributed by atoms with Crippen LogP contribution >= 0.6 is 11.6 Å². The van der Waals surface area contributed by atoms with Gasteiger partial charge in [-0.15, -0.1) is 6.58 Å².